The maximum Gasteiger partial charge on any atom is 0.309 e. The van der Waals surface area contributed by atoms with Crippen LogP contribution < -0.4 is 45.4 Å². The van der Waals surface area contributed by atoms with Crippen molar-refractivity contribution in [3.05, 3.63) is 149 Å². The Bertz CT molecular complexity index is 3600. The Balaban J connectivity index is 0.959. The minimum Gasteiger partial charge on any atom is -0.493 e. The predicted octanol–water partition coefficient (Wildman–Crippen LogP) is 4.95. The number of aliphatic hydroxyl groups excluding tert-OH is 3. The number of rotatable bonds is 24. The molecule has 23 heteroatoms. The number of hydrogen-bond acceptors (Lipinski definition) is 17. The lowest BCUT2D eigenvalue weighted by molar-refractivity contribution is -0.955. The molecule has 7 atom stereocenters. The number of para-hydroxylation sites is 1. The van der Waals surface area contributed by atoms with E-state index in [9.17, 15) is 54.0 Å². The number of carboxylic acid groups (broad SMARTS) is 1. The summed E-state index contributed by atoms with van der Waals surface area (Å²) in [5, 5.41) is 51.6. The lowest BCUT2D eigenvalue weighted by Gasteiger charge is -2.43. The quantitative estimate of drug-likeness (QED) is 0.0293. The van der Waals surface area contributed by atoms with Crippen molar-refractivity contribution in [3.8, 4) is 28.7 Å². The number of pyridine rings is 1. The number of anilines is 3. The van der Waals surface area contributed by atoms with Gasteiger partial charge < -0.3 is 70.3 Å². The fraction of sp³-hybridized carbons (Fsp3) is 0.333. The van der Waals surface area contributed by atoms with Crippen LogP contribution in [0.15, 0.2) is 115 Å². The van der Waals surface area contributed by atoms with Gasteiger partial charge in [0, 0.05) is 85.3 Å². The summed E-state index contributed by atoms with van der Waals surface area (Å²) >= 11 is 0. The summed E-state index contributed by atoms with van der Waals surface area (Å²) in [6.07, 6.45) is -2.63. The van der Waals surface area contributed by atoms with Crippen molar-refractivity contribution in [1.82, 2.24) is 9.88 Å². The zero-order valence-electron chi connectivity index (χ0n) is 47.8. The van der Waals surface area contributed by atoms with Gasteiger partial charge in [-0.3, -0.25) is 43.4 Å². The molecular weight excluding hydrogens is 1110 g/mol. The highest BCUT2D eigenvalue weighted by atomic mass is 16.5. The number of benzene rings is 5. The number of fused-ring (bicyclic) bond motifs is 2. The van der Waals surface area contributed by atoms with Crippen LogP contribution >= 0.6 is 0 Å². The van der Waals surface area contributed by atoms with E-state index < -0.39 is 77.7 Å². The van der Waals surface area contributed by atoms with Crippen molar-refractivity contribution in [2.45, 2.75) is 82.1 Å². The first-order valence-electron chi connectivity index (χ1n) is 27.9. The maximum atomic E-state index is 14.1. The Kier molecular flexibility index (Phi) is 19.1. The Morgan fingerprint density at radius 2 is 1.37 bits per heavy atom. The molecule has 450 valence electrons. The Morgan fingerprint density at radius 1 is 0.709 bits per heavy atom. The molecular formula is C63H68N7O16+. The number of aliphatic hydroxyl groups is 3. The fourth-order valence-electron chi connectivity index (χ4n) is 11.3. The topological polar surface area (TPSA) is 325 Å². The summed E-state index contributed by atoms with van der Waals surface area (Å²) in [6.45, 7) is 1.89. The van der Waals surface area contributed by atoms with Crippen LogP contribution in [-0.4, -0.2) is 155 Å². The standard InChI is InChI=1S/C63H67N7O16/c1-82-50-26-37-21-23-70(34-40(37)27-51(50)83-2,22-20-35-12-15-41(16-13-35)66-62(79)42-28-52(84-3)53(85-4)30-45(42)68-61(78)39-25-38-8-5-6-9-44(38)65-32-39)33-36-14-17-49(86-54-29-43(63(80)81)58(75)60(77)59(54)76)46(24-36)67-55(72)11-7-10-48(71)47(31-64)69-56(73)18-19-57(69)74/h5-6,8-9,12-19,24-28,30,32,43,47,54,58-60,75-77H,7,10-11,20-23,29,31,33-34,64H2,1-4H3,(H3-,66,67,68,72,78,79,80,81)/p+1/t43-,47-,54?,58+,59-,60-,70?/m0/s1. The largest absolute Gasteiger partial charge is 0.493 e. The number of nitrogens with two attached hydrogens (primary N) is 1. The van der Waals surface area contributed by atoms with Crippen LogP contribution in [0.2, 0.25) is 0 Å². The predicted molar refractivity (Wildman–Crippen MR) is 314 cm³/mol. The van der Waals surface area contributed by atoms with Gasteiger partial charge in [0.05, 0.1) is 81.6 Å². The van der Waals surface area contributed by atoms with Crippen molar-refractivity contribution < 1.29 is 82.2 Å². The van der Waals surface area contributed by atoms with Crippen LogP contribution in [0.25, 0.3) is 10.9 Å². The Hall–Kier alpha value is -9.26. The zero-order chi connectivity index (χ0) is 61.4. The maximum absolute atomic E-state index is 14.1. The number of hydrogen-bond donors (Lipinski definition) is 8. The molecule has 86 heavy (non-hydrogen) atoms. The fourth-order valence-corrected chi connectivity index (χ4v) is 11.3. The smallest absolute Gasteiger partial charge is 0.309 e. The van der Waals surface area contributed by atoms with Crippen molar-refractivity contribution in [3.63, 3.8) is 0 Å². The summed E-state index contributed by atoms with van der Waals surface area (Å²) in [5.74, 6) is -4.55. The average Bonchev–Trinajstić information content (AvgIpc) is 2.45. The third-order valence-corrected chi connectivity index (χ3v) is 16.0. The molecule has 0 spiro atoms. The summed E-state index contributed by atoms with van der Waals surface area (Å²) in [6, 6.07) is 27.3. The minimum absolute atomic E-state index is 0.0114. The number of aliphatic carboxylic acids is 1. The molecule has 2 aliphatic heterocycles. The van der Waals surface area contributed by atoms with Gasteiger partial charge in [-0.15, -0.1) is 0 Å². The van der Waals surface area contributed by atoms with Gasteiger partial charge in [-0.25, -0.2) is 0 Å². The van der Waals surface area contributed by atoms with Crippen LogP contribution in [0.1, 0.15) is 68.7 Å². The number of aromatic nitrogens is 1. The lowest BCUT2D eigenvalue weighted by atomic mass is 9.80. The molecule has 1 fully saturated rings. The first kappa shape index (κ1) is 61.3. The molecule has 0 saturated heterocycles. The number of nitrogens with zero attached hydrogens (tertiary/aromatic N) is 3. The molecule has 6 aromatic rings. The normalized spacial score (nSPS) is 20.1. The molecule has 5 amide bonds. The highest BCUT2D eigenvalue weighted by Crippen LogP contribution is 2.39. The minimum atomic E-state index is -1.86. The number of imide groups is 1. The third kappa shape index (κ3) is 13.6. The van der Waals surface area contributed by atoms with Crippen LogP contribution in [0, 0.1) is 5.92 Å². The second kappa shape index (κ2) is 26.8. The van der Waals surface area contributed by atoms with E-state index in [-0.39, 0.29) is 66.2 Å². The van der Waals surface area contributed by atoms with E-state index in [0.717, 1.165) is 50.2 Å². The van der Waals surface area contributed by atoms with E-state index in [1.165, 1.54) is 32.5 Å². The van der Waals surface area contributed by atoms with Crippen LogP contribution in [-0.2, 0) is 49.9 Å². The summed E-state index contributed by atoms with van der Waals surface area (Å²) in [7, 11) is 6.04. The summed E-state index contributed by atoms with van der Waals surface area (Å²) in [5.41, 5.74) is 11.5. The monoisotopic (exact) mass is 1180 g/mol. The molecule has 3 heterocycles. The SMILES string of the molecule is COc1cc2c(cc1OC)C[N+](CCc1ccc(NC(=O)c3cc(OC)c(OC)cc3NC(=O)c3cnc4ccccc4c3)cc1)(Cc1ccc(OC3C[C@H](C(=O)O)[C@@H](O)[C@H](O)[C@H]3O)c(NC(=O)CCCC(=O)[C@H](CN)N3C(=O)C=CC3=O)c1)CC2. The Labute approximate surface area is 494 Å². The number of ketones is 1. The molecule has 1 saturated carbocycles. The Morgan fingerprint density at radius 3 is 2.06 bits per heavy atom. The number of carbonyl (C=O) groups is 7. The first-order valence-corrected chi connectivity index (χ1v) is 27.9. The van der Waals surface area contributed by atoms with Gasteiger partial charge in [0.25, 0.3) is 23.6 Å². The van der Waals surface area contributed by atoms with Gasteiger partial charge in [-0.1, -0.05) is 30.3 Å². The van der Waals surface area contributed by atoms with Gasteiger partial charge in [0.15, 0.2) is 28.8 Å². The van der Waals surface area contributed by atoms with Gasteiger partial charge >= 0.3 is 5.97 Å². The summed E-state index contributed by atoms with van der Waals surface area (Å²) < 4.78 is 29.2. The first-order chi connectivity index (χ1) is 41.3. The van der Waals surface area contributed by atoms with Gasteiger partial charge in [-0.2, -0.15) is 0 Å². The van der Waals surface area contributed by atoms with Crippen LogP contribution in [0.3, 0.4) is 0 Å². The average molecular weight is 1180 g/mol. The van der Waals surface area contributed by atoms with Gasteiger partial charge in [0.1, 0.15) is 43.2 Å². The summed E-state index contributed by atoms with van der Waals surface area (Å²) in [4.78, 5) is 96.9. The number of methoxy groups -OCH3 is 4. The number of nitrogens with one attached hydrogen (secondary N) is 3. The number of quaternary nitrogens is 1. The number of Topliss-reactive ketones (excluding diaryl/α,β-unsaturated/α-hetero) is 1. The molecule has 0 radical (unpaired) electrons. The molecule has 9 N–H and O–H groups in total. The second-order valence-corrected chi connectivity index (χ2v) is 21.5. The second-order valence-electron chi connectivity index (χ2n) is 21.5. The van der Waals surface area contributed by atoms with Crippen LogP contribution in [0.4, 0.5) is 17.1 Å². The number of ether oxygens (including phenoxy) is 5. The molecule has 23 nitrogen and oxygen atoms in total. The van der Waals surface area contributed by atoms with E-state index in [1.54, 1.807) is 50.6 Å². The molecule has 5 aromatic carbocycles. The van der Waals surface area contributed by atoms with Crippen molar-refractivity contribution >= 4 is 69.3 Å². The van der Waals surface area contributed by atoms with Crippen molar-refractivity contribution in [1.29, 1.82) is 0 Å². The highest BCUT2D eigenvalue weighted by molar-refractivity contribution is 6.15. The third-order valence-electron chi connectivity index (χ3n) is 16.0. The van der Waals surface area contributed by atoms with Crippen molar-refractivity contribution in [2.75, 3.05) is 64.0 Å². The molecule has 0 bridgehead atoms. The van der Waals surface area contributed by atoms with E-state index in [0.29, 0.717) is 66.4 Å². The zero-order valence-corrected chi connectivity index (χ0v) is 47.8. The van der Waals surface area contributed by atoms with Gasteiger partial charge in [0.2, 0.25) is 5.91 Å². The van der Waals surface area contributed by atoms with E-state index in [2.05, 4.69) is 20.9 Å². The van der Waals surface area contributed by atoms with Crippen molar-refractivity contribution in [2.24, 2.45) is 11.7 Å². The molecule has 1 aromatic heterocycles. The number of carbonyl (C=O) groups excluding carboxylic acids is 6. The van der Waals surface area contributed by atoms with E-state index >= 15 is 0 Å². The van der Waals surface area contributed by atoms with Crippen LogP contribution in [0.5, 0.6) is 28.7 Å². The van der Waals surface area contributed by atoms with Gasteiger partial charge in [-0.05, 0) is 78.2 Å². The lowest BCUT2D eigenvalue weighted by Crippen LogP contribution is -2.57. The molecule has 3 aliphatic rings. The molecule has 1 aliphatic carbocycles. The van der Waals surface area contributed by atoms with E-state index in [4.69, 9.17) is 29.4 Å². The number of amides is 5. The highest BCUT2D eigenvalue weighted by Gasteiger charge is 2.47. The number of carboxylic acids is 1. The van der Waals surface area contributed by atoms with E-state index in [1.807, 2.05) is 48.5 Å². The molecule has 2 unspecified atom stereocenters. The molecule has 9 rings (SSSR count).